The molecule has 0 saturated carbocycles. The van der Waals surface area contributed by atoms with Crippen molar-refractivity contribution in [2.45, 2.75) is 11.4 Å². The number of hydrogen-bond acceptors (Lipinski definition) is 4. The molecule has 2 rings (SSSR count). The molecule has 0 unspecified atom stereocenters. The Bertz CT molecular complexity index is 745. The van der Waals surface area contributed by atoms with Crippen molar-refractivity contribution in [1.29, 1.82) is 0 Å². The number of hydrogen-bond donors (Lipinski definition) is 2. The highest BCUT2D eigenvalue weighted by Crippen LogP contribution is 2.23. The van der Waals surface area contributed by atoms with Gasteiger partial charge in [0.2, 0.25) is 10.0 Å². The van der Waals surface area contributed by atoms with Crippen LogP contribution in [0.5, 0.6) is 0 Å². The molecule has 0 amide bonds. The SMILES string of the molecule is CN(Cc1ccc(F)cc1)c1cc(N)cc(S(N)(=O)=O)c1. The van der Waals surface area contributed by atoms with Gasteiger partial charge < -0.3 is 10.6 Å². The topological polar surface area (TPSA) is 89.4 Å². The van der Waals surface area contributed by atoms with E-state index in [0.717, 1.165) is 5.56 Å². The van der Waals surface area contributed by atoms with Gasteiger partial charge in [-0.3, -0.25) is 0 Å². The lowest BCUT2D eigenvalue weighted by molar-refractivity contribution is 0.598. The summed E-state index contributed by atoms with van der Waals surface area (Å²) in [6.45, 7) is 0.480. The number of nitrogen functional groups attached to an aromatic ring is 1. The number of primary sulfonamides is 1. The van der Waals surface area contributed by atoms with E-state index in [0.29, 0.717) is 17.9 Å². The molecule has 21 heavy (non-hydrogen) atoms. The summed E-state index contributed by atoms with van der Waals surface area (Å²) in [4.78, 5) is 1.77. The van der Waals surface area contributed by atoms with Gasteiger partial charge in [-0.05, 0) is 35.9 Å². The van der Waals surface area contributed by atoms with E-state index in [1.54, 1.807) is 30.1 Å². The fourth-order valence-corrected chi connectivity index (χ4v) is 2.53. The Labute approximate surface area is 123 Å². The molecule has 0 atom stereocenters. The average Bonchev–Trinajstić information content (AvgIpc) is 2.39. The van der Waals surface area contributed by atoms with Crippen molar-refractivity contribution >= 4 is 21.4 Å². The van der Waals surface area contributed by atoms with Gasteiger partial charge in [0.1, 0.15) is 5.82 Å². The second kappa shape index (κ2) is 5.71. The first kappa shape index (κ1) is 15.3. The van der Waals surface area contributed by atoms with E-state index in [1.165, 1.54) is 24.3 Å². The summed E-state index contributed by atoms with van der Waals surface area (Å²) in [6, 6.07) is 10.5. The predicted octanol–water partition coefficient (Wildman–Crippen LogP) is 1.69. The van der Waals surface area contributed by atoms with Crippen LogP contribution in [0, 0.1) is 5.82 Å². The summed E-state index contributed by atoms with van der Waals surface area (Å²) in [5.74, 6) is -0.304. The third-order valence-electron chi connectivity index (χ3n) is 3.02. The third-order valence-corrected chi connectivity index (χ3v) is 3.91. The molecule has 7 heteroatoms. The van der Waals surface area contributed by atoms with Crippen molar-refractivity contribution < 1.29 is 12.8 Å². The van der Waals surface area contributed by atoms with Gasteiger partial charge in [0.15, 0.2) is 0 Å². The zero-order chi connectivity index (χ0) is 15.6. The minimum atomic E-state index is -3.82. The zero-order valence-corrected chi connectivity index (χ0v) is 12.3. The van der Waals surface area contributed by atoms with Crippen LogP contribution >= 0.6 is 0 Å². The third kappa shape index (κ3) is 3.93. The quantitative estimate of drug-likeness (QED) is 0.841. The van der Waals surface area contributed by atoms with Crippen LogP contribution in [0.3, 0.4) is 0 Å². The maximum absolute atomic E-state index is 12.9. The molecule has 112 valence electrons. The van der Waals surface area contributed by atoms with Gasteiger partial charge in [-0.15, -0.1) is 0 Å². The summed E-state index contributed by atoms with van der Waals surface area (Å²) in [5.41, 5.74) is 7.52. The Morgan fingerprint density at radius 2 is 1.76 bits per heavy atom. The lowest BCUT2D eigenvalue weighted by Gasteiger charge is -2.20. The van der Waals surface area contributed by atoms with E-state index in [9.17, 15) is 12.8 Å². The predicted molar refractivity (Wildman–Crippen MR) is 80.7 cm³/mol. The summed E-state index contributed by atoms with van der Waals surface area (Å²) >= 11 is 0. The first-order chi connectivity index (χ1) is 9.75. The molecule has 0 aliphatic rings. The highest BCUT2D eigenvalue weighted by Gasteiger charge is 2.12. The molecule has 0 spiro atoms. The number of halogens is 1. The fraction of sp³-hybridized carbons (Fsp3) is 0.143. The van der Waals surface area contributed by atoms with E-state index in [1.807, 2.05) is 0 Å². The number of anilines is 2. The number of benzene rings is 2. The molecule has 2 aromatic rings. The van der Waals surface area contributed by atoms with Crippen LogP contribution < -0.4 is 15.8 Å². The molecule has 4 N–H and O–H groups in total. The van der Waals surface area contributed by atoms with Crippen LogP contribution in [-0.2, 0) is 16.6 Å². The van der Waals surface area contributed by atoms with Gasteiger partial charge in [0, 0.05) is 25.0 Å². The average molecular weight is 309 g/mol. The summed E-state index contributed by atoms with van der Waals surface area (Å²) in [7, 11) is -2.03. The molecule has 0 bridgehead atoms. The molecule has 0 heterocycles. The van der Waals surface area contributed by atoms with E-state index in [-0.39, 0.29) is 10.7 Å². The first-order valence-electron chi connectivity index (χ1n) is 6.14. The summed E-state index contributed by atoms with van der Waals surface area (Å²) in [6.07, 6.45) is 0. The second-order valence-corrected chi connectivity index (χ2v) is 6.35. The Morgan fingerprint density at radius 3 is 2.33 bits per heavy atom. The number of sulfonamides is 1. The maximum atomic E-state index is 12.9. The monoisotopic (exact) mass is 309 g/mol. The molecular formula is C14H16FN3O2S. The fourth-order valence-electron chi connectivity index (χ4n) is 1.95. The van der Waals surface area contributed by atoms with E-state index in [2.05, 4.69) is 0 Å². The van der Waals surface area contributed by atoms with Gasteiger partial charge in [-0.2, -0.15) is 0 Å². The van der Waals surface area contributed by atoms with Crippen molar-refractivity contribution in [3.8, 4) is 0 Å². The van der Waals surface area contributed by atoms with E-state index >= 15 is 0 Å². The van der Waals surface area contributed by atoms with E-state index in [4.69, 9.17) is 10.9 Å². The lowest BCUT2D eigenvalue weighted by atomic mass is 10.2. The van der Waals surface area contributed by atoms with Crippen LogP contribution in [0.25, 0.3) is 0 Å². The molecule has 0 saturated heterocycles. The highest BCUT2D eigenvalue weighted by molar-refractivity contribution is 7.89. The molecule has 0 aliphatic heterocycles. The largest absolute Gasteiger partial charge is 0.399 e. The van der Waals surface area contributed by atoms with Crippen molar-refractivity contribution in [3.05, 3.63) is 53.8 Å². The van der Waals surface area contributed by atoms with Gasteiger partial charge in [0.05, 0.1) is 4.90 Å². The van der Waals surface area contributed by atoms with Crippen molar-refractivity contribution in [1.82, 2.24) is 0 Å². The second-order valence-electron chi connectivity index (χ2n) is 4.79. The highest BCUT2D eigenvalue weighted by atomic mass is 32.2. The van der Waals surface area contributed by atoms with Gasteiger partial charge in [-0.25, -0.2) is 17.9 Å². The normalized spacial score (nSPS) is 11.4. The maximum Gasteiger partial charge on any atom is 0.238 e. The van der Waals surface area contributed by atoms with E-state index < -0.39 is 10.0 Å². The molecule has 5 nitrogen and oxygen atoms in total. The molecular weight excluding hydrogens is 293 g/mol. The molecule has 0 fully saturated rings. The van der Waals surface area contributed by atoms with Gasteiger partial charge in [-0.1, -0.05) is 12.1 Å². The summed E-state index contributed by atoms with van der Waals surface area (Å²) in [5, 5.41) is 5.12. The Hall–Kier alpha value is -2.12. The Morgan fingerprint density at radius 1 is 1.14 bits per heavy atom. The lowest BCUT2D eigenvalue weighted by Crippen LogP contribution is -2.18. The van der Waals surface area contributed by atoms with Crippen LogP contribution in [0.4, 0.5) is 15.8 Å². The van der Waals surface area contributed by atoms with Crippen LogP contribution in [0.1, 0.15) is 5.56 Å². The minimum Gasteiger partial charge on any atom is -0.399 e. The van der Waals surface area contributed by atoms with Gasteiger partial charge in [0.25, 0.3) is 0 Å². The molecule has 0 aromatic heterocycles. The summed E-state index contributed by atoms with van der Waals surface area (Å²) < 4.78 is 35.7. The Balaban J connectivity index is 2.28. The number of nitrogens with zero attached hydrogens (tertiary/aromatic N) is 1. The van der Waals surface area contributed by atoms with Crippen LogP contribution in [0.2, 0.25) is 0 Å². The van der Waals surface area contributed by atoms with Crippen molar-refractivity contribution in [2.75, 3.05) is 17.7 Å². The Kier molecular flexibility index (Phi) is 4.15. The number of nitrogens with two attached hydrogens (primary N) is 2. The standard InChI is InChI=1S/C14H16FN3O2S/c1-18(9-10-2-4-11(15)5-3-10)13-6-12(16)7-14(8-13)21(17,19)20/h2-8H,9,16H2,1H3,(H2,17,19,20). The van der Waals surface area contributed by atoms with Crippen molar-refractivity contribution in [3.63, 3.8) is 0 Å². The molecule has 2 aromatic carbocycles. The number of rotatable bonds is 4. The zero-order valence-electron chi connectivity index (χ0n) is 11.5. The first-order valence-corrected chi connectivity index (χ1v) is 7.69. The minimum absolute atomic E-state index is 0.0385. The molecule has 0 aliphatic carbocycles. The molecule has 0 radical (unpaired) electrons. The van der Waals surface area contributed by atoms with Crippen molar-refractivity contribution in [2.24, 2.45) is 5.14 Å². The van der Waals surface area contributed by atoms with Crippen LogP contribution in [0.15, 0.2) is 47.4 Å². The smallest absolute Gasteiger partial charge is 0.238 e. The van der Waals surface area contributed by atoms with Gasteiger partial charge >= 0.3 is 0 Å². The van der Waals surface area contributed by atoms with Crippen LogP contribution in [-0.4, -0.2) is 15.5 Å².